The molecule has 1 amide bonds. The number of nitrogens with zero attached hydrogens (tertiary/aromatic N) is 2. The van der Waals surface area contributed by atoms with Gasteiger partial charge in [0.1, 0.15) is 5.65 Å². The van der Waals surface area contributed by atoms with Crippen LogP contribution in [-0.2, 0) is 0 Å². The molecule has 0 saturated heterocycles. The van der Waals surface area contributed by atoms with E-state index in [0.717, 1.165) is 24.2 Å². The Morgan fingerprint density at radius 3 is 3.00 bits per heavy atom. The van der Waals surface area contributed by atoms with E-state index in [2.05, 4.69) is 10.3 Å². The van der Waals surface area contributed by atoms with Crippen LogP contribution >= 0.6 is 0 Å². The molecular formula is C14H17N3O. The van der Waals surface area contributed by atoms with Crippen molar-refractivity contribution in [1.29, 1.82) is 0 Å². The van der Waals surface area contributed by atoms with Crippen LogP contribution in [0.1, 0.15) is 41.7 Å². The molecule has 0 aromatic carbocycles. The Balaban J connectivity index is 1.90. The monoisotopic (exact) mass is 243 g/mol. The number of aryl methyl sites for hydroxylation is 1. The third-order valence-corrected chi connectivity index (χ3v) is 3.54. The second-order valence-corrected chi connectivity index (χ2v) is 4.99. The summed E-state index contributed by atoms with van der Waals surface area (Å²) >= 11 is 0. The van der Waals surface area contributed by atoms with Crippen LogP contribution in [0, 0.1) is 6.92 Å². The third-order valence-electron chi connectivity index (χ3n) is 3.54. The van der Waals surface area contributed by atoms with Gasteiger partial charge in [0.05, 0.1) is 11.3 Å². The van der Waals surface area contributed by atoms with Gasteiger partial charge in [-0.15, -0.1) is 0 Å². The lowest BCUT2D eigenvalue weighted by Crippen LogP contribution is -2.32. The van der Waals surface area contributed by atoms with Crippen LogP contribution < -0.4 is 5.32 Å². The first-order valence-corrected chi connectivity index (χ1v) is 6.49. The highest BCUT2D eigenvalue weighted by Crippen LogP contribution is 2.19. The summed E-state index contributed by atoms with van der Waals surface area (Å²) < 4.78 is 1.90. The van der Waals surface area contributed by atoms with Gasteiger partial charge in [-0.2, -0.15) is 0 Å². The van der Waals surface area contributed by atoms with Gasteiger partial charge in [-0.1, -0.05) is 12.8 Å². The minimum atomic E-state index is -0.00176. The minimum absolute atomic E-state index is 0.00176. The molecule has 0 bridgehead atoms. The van der Waals surface area contributed by atoms with E-state index < -0.39 is 0 Å². The molecule has 0 radical (unpaired) electrons. The lowest BCUT2D eigenvalue weighted by molar-refractivity contribution is 0.0939. The molecular weight excluding hydrogens is 226 g/mol. The van der Waals surface area contributed by atoms with Gasteiger partial charge in [0.15, 0.2) is 0 Å². The predicted molar refractivity (Wildman–Crippen MR) is 69.7 cm³/mol. The van der Waals surface area contributed by atoms with Crippen molar-refractivity contribution in [3.8, 4) is 0 Å². The summed E-state index contributed by atoms with van der Waals surface area (Å²) in [5.41, 5.74) is 2.33. The molecule has 18 heavy (non-hydrogen) atoms. The second-order valence-electron chi connectivity index (χ2n) is 4.99. The molecule has 1 aliphatic carbocycles. The largest absolute Gasteiger partial charge is 0.349 e. The van der Waals surface area contributed by atoms with E-state index >= 15 is 0 Å². The number of aromatic nitrogens is 2. The highest BCUT2D eigenvalue weighted by atomic mass is 16.1. The Morgan fingerprint density at radius 2 is 2.22 bits per heavy atom. The molecule has 0 aliphatic heterocycles. The normalized spacial score (nSPS) is 16.3. The number of pyridine rings is 1. The molecule has 4 nitrogen and oxygen atoms in total. The standard InChI is InChI=1S/C14H17N3O/c1-10-9-17-8-4-7-12(13(17)15-10)14(18)16-11-5-2-3-6-11/h4,7-9,11H,2-3,5-6H2,1H3,(H,16,18). The number of imidazole rings is 1. The van der Waals surface area contributed by atoms with Crippen molar-refractivity contribution in [1.82, 2.24) is 14.7 Å². The summed E-state index contributed by atoms with van der Waals surface area (Å²) in [5.74, 6) is -0.00176. The number of hydrogen-bond acceptors (Lipinski definition) is 2. The molecule has 1 fully saturated rings. The maximum absolute atomic E-state index is 12.3. The number of hydrogen-bond donors (Lipinski definition) is 1. The number of rotatable bonds is 2. The first kappa shape index (κ1) is 11.3. The topological polar surface area (TPSA) is 46.4 Å². The fraction of sp³-hybridized carbons (Fsp3) is 0.429. The van der Waals surface area contributed by atoms with Crippen LogP contribution in [0.2, 0.25) is 0 Å². The molecule has 1 aliphatic rings. The van der Waals surface area contributed by atoms with Gasteiger partial charge in [0.25, 0.3) is 5.91 Å². The molecule has 2 aromatic heterocycles. The van der Waals surface area contributed by atoms with Gasteiger partial charge >= 0.3 is 0 Å². The molecule has 2 aromatic rings. The number of carbonyl (C=O) groups excluding carboxylic acids is 1. The SMILES string of the molecule is Cc1cn2cccc(C(=O)NC3CCCC3)c2n1. The van der Waals surface area contributed by atoms with E-state index in [1.807, 2.05) is 35.9 Å². The molecule has 0 spiro atoms. The summed E-state index contributed by atoms with van der Waals surface area (Å²) in [5, 5.41) is 3.10. The molecule has 94 valence electrons. The Bertz CT molecular complexity index is 582. The average Bonchev–Trinajstić information content (AvgIpc) is 2.95. The minimum Gasteiger partial charge on any atom is -0.349 e. The predicted octanol–water partition coefficient (Wildman–Crippen LogP) is 2.32. The first-order valence-electron chi connectivity index (χ1n) is 6.49. The number of amides is 1. The average molecular weight is 243 g/mol. The fourth-order valence-corrected chi connectivity index (χ4v) is 2.65. The summed E-state index contributed by atoms with van der Waals surface area (Å²) in [6.07, 6.45) is 8.49. The summed E-state index contributed by atoms with van der Waals surface area (Å²) in [6, 6.07) is 4.07. The summed E-state index contributed by atoms with van der Waals surface area (Å²) in [4.78, 5) is 16.7. The van der Waals surface area contributed by atoms with Gasteiger partial charge in [0, 0.05) is 18.4 Å². The Kier molecular flexibility index (Phi) is 2.78. The Morgan fingerprint density at radius 1 is 1.44 bits per heavy atom. The van der Waals surface area contributed by atoms with Crippen molar-refractivity contribution in [2.24, 2.45) is 0 Å². The van der Waals surface area contributed by atoms with Crippen LogP contribution in [0.5, 0.6) is 0 Å². The maximum Gasteiger partial charge on any atom is 0.255 e. The summed E-state index contributed by atoms with van der Waals surface area (Å²) in [6.45, 7) is 1.94. The van der Waals surface area contributed by atoms with Gasteiger partial charge in [-0.05, 0) is 31.9 Å². The van der Waals surface area contributed by atoms with Crippen LogP contribution in [0.3, 0.4) is 0 Å². The van der Waals surface area contributed by atoms with E-state index in [1.54, 1.807) is 0 Å². The van der Waals surface area contributed by atoms with Gasteiger partial charge in [0.2, 0.25) is 0 Å². The number of carbonyl (C=O) groups is 1. The zero-order valence-corrected chi connectivity index (χ0v) is 10.5. The highest BCUT2D eigenvalue weighted by molar-refractivity contribution is 6.00. The summed E-state index contributed by atoms with van der Waals surface area (Å²) in [7, 11) is 0. The second kappa shape index (κ2) is 4.44. The van der Waals surface area contributed by atoms with Crippen LogP contribution in [-0.4, -0.2) is 21.3 Å². The zero-order chi connectivity index (χ0) is 12.5. The van der Waals surface area contributed by atoms with Gasteiger partial charge < -0.3 is 9.72 Å². The number of fused-ring (bicyclic) bond motifs is 1. The molecule has 1 N–H and O–H groups in total. The van der Waals surface area contributed by atoms with Crippen molar-refractivity contribution in [2.75, 3.05) is 0 Å². The lowest BCUT2D eigenvalue weighted by atomic mass is 10.2. The van der Waals surface area contributed by atoms with E-state index in [-0.39, 0.29) is 5.91 Å². The maximum atomic E-state index is 12.3. The molecule has 3 rings (SSSR count). The van der Waals surface area contributed by atoms with Crippen molar-refractivity contribution in [3.63, 3.8) is 0 Å². The lowest BCUT2D eigenvalue weighted by Gasteiger charge is -2.12. The van der Waals surface area contributed by atoms with Gasteiger partial charge in [-0.3, -0.25) is 4.79 Å². The Hall–Kier alpha value is -1.84. The fourth-order valence-electron chi connectivity index (χ4n) is 2.65. The van der Waals surface area contributed by atoms with Gasteiger partial charge in [-0.25, -0.2) is 4.98 Å². The molecule has 2 heterocycles. The third kappa shape index (κ3) is 1.98. The van der Waals surface area contributed by atoms with Crippen molar-refractivity contribution in [3.05, 3.63) is 35.8 Å². The highest BCUT2D eigenvalue weighted by Gasteiger charge is 2.19. The quantitative estimate of drug-likeness (QED) is 0.879. The van der Waals surface area contributed by atoms with Crippen LogP contribution in [0.25, 0.3) is 5.65 Å². The van der Waals surface area contributed by atoms with Crippen molar-refractivity contribution in [2.45, 2.75) is 38.6 Å². The molecule has 4 heteroatoms. The van der Waals surface area contributed by atoms with Crippen molar-refractivity contribution < 1.29 is 4.79 Å². The van der Waals surface area contributed by atoms with E-state index in [1.165, 1.54) is 12.8 Å². The molecule has 0 unspecified atom stereocenters. The number of nitrogens with one attached hydrogen (secondary N) is 1. The molecule has 1 saturated carbocycles. The van der Waals surface area contributed by atoms with E-state index in [9.17, 15) is 4.79 Å². The smallest absolute Gasteiger partial charge is 0.255 e. The van der Waals surface area contributed by atoms with E-state index in [4.69, 9.17) is 0 Å². The van der Waals surface area contributed by atoms with E-state index in [0.29, 0.717) is 11.6 Å². The zero-order valence-electron chi connectivity index (χ0n) is 10.5. The Labute approximate surface area is 106 Å². The van der Waals surface area contributed by atoms with Crippen LogP contribution in [0.4, 0.5) is 0 Å². The van der Waals surface area contributed by atoms with Crippen LogP contribution in [0.15, 0.2) is 24.5 Å². The van der Waals surface area contributed by atoms with Crippen molar-refractivity contribution >= 4 is 11.6 Å². The first-order chi connectivity index (χ1) is 8.74. The molecule has 0 atom stereocenters.